The van der Waals surface area contributed by atoms with Gasteiger partial charge < -0.3 is 24.4 Å². The number of phenolic OH excluding ortho intramolecular Hbond substituents is 1. The molecule has 116 valence electrons. The minimum atomic E-state index is -1.31. The number of Topliss-reactive ketones (excluding diaryl/α,β-unsaturated/α-hetero) is 1. The number of ketones is 1. The van der Waals surface area contributed by atoms with Gasteiger partial charge >= 0.3 is 5.97 Å². The van der Waals surface area contributed by atoms with Crippen molar-refractivity contribution in [3.05, 3.63) is 22.8 Å². The molecule has 0 unspecified atom stereocenters. The number of aromatic carboxylic acids is 1. The summed E-state index contributed by atoms with van der Waals surface area (Å²) in [5, 5.41) is 19.4. The van der Waals surface area contributed by atoms with Crippen LogP contribution in [0.25, 0.3) is 5.76 Å². The molecule has 1 atom stereocenters. The summed E-state index contributed by atoms with van der Waals surface area (Å²) in [5.74, 6) is -1.65. The van der Waals surface area contributed by atoms with Crippen molar-refractivity contribution in [2.45, 2.75) is 19.4 Å². The van der Waals surface area contributed by atoms with E-state index < -0.39 is 5.97 Å². The second-order valence-corrected chi connectivity index (χ2v) is 5.13. The molecule has 2 aliphatic rings. The number of aromatic hydroxyl groups is 1. The average molecular weight is 306 g/mol. The predicted octanol–water partition coefficient (Wildman–Crippen LogP) is 1.58. The highest BCUT2D eigenvalue weighted by atomic mass is 16.5. The van der Waals surface area contributed by atoms with Crippen molar-refractivity contribution in [1.29, 1.82) is 0 Å². The summed E-state index contributed by atoms with van der Waals surface area (Å²) in [4.78, 5) is 23.7. The fourth-order valence-corrected chi connectivity index (χ4v) is 2.71. The van der Waals surface area contributed by atoms with E-state index in [4.69, 9.17) is 14.2 Å². The molecular weight excluding hydrogens is 292 g/mol. The maximum Gasteiger partial charge on any atom is 0.340 e. The number of ether oxygens (including phenoxy) is 3. The lowest BCUT2D eigenvalue weighted by molar-refractivity contribution is -0.118. The maximum absolute atomic E-state index is 12.1. The molecule has 0 saturated carbocycles. The van der Waals surface area contributed by atoms with E-state index in [1.807, 2.05) is 0 Å². The monoisotopic (exact) mass is 306 g/mol. The van der Waals surface area contributed by atoms with Gasteiger partial charge in [0.25, 0.3) is 0 Å². The van der Waals surface area contributed by atoms with Crippen molar-refractivity contribution in [2.75, 3.05) is 13.7 Å². The smallest absolute Gasteiger partial charge is 0.340 e. The lowest BCUT2D eigenvalue weighted by Gasteiger charge is -2.31. The Balaban J connectivity index is 2.33. The molecule has 0 aliphatic carbocycles. The standard InChI is InChI=1S/C15H14O7/c1-6-3-8(16)7-5-21-10-4-9(17)14(20-2)12(15(18)19)11(10)13(7)22-6/h4,6,17H,3,5H2,1-2H3,(H,18,19)/t6-/m0/s1. The van der Waals surface area contributed by atoms with Gasteiger partial charge in [0, 0.05) is 12.5 Å². The van der Waals surface area contributed by atoms with Crippen LogP contribution in [0, 0.1) is 0 Å². The molecule has 0 fully saturated rings. The molecule has 1 aromatic rings. The third-order valence-electron chi connectivity index (χ3n) is 3.64. The Labute approximate surface area is 125 Å². The zero-order valence-electron chi connectivity index (χ0n) is 12.0. The molecular formula is C15H14O7. The molecule has 0 amide bonds. The summed E-state index contributed by atoms with van der Waals surface area (Å²) < 4.78 is 16.1. The number of phenols is 1. The molecule has 2 heterocycles. The number of carboxylic acids is 1. The van der Waals surface area contributed by atoms with Gasteiger partial charge in [-0.05, 0) is 6.92 Å². The van der Waals surface area contributed by atoms with Crippen molar-refractivity contribution < 1.29 is 34.0 Å². The van der Waals surface area contributed by atoms with Gasteiger partial charge in [0.2, 0.25) is 0 Å². The van der Waals surface area contributed by atoms with E-state index in [0.29, 0.717) is 5.57 Å². The zero-order valence-corrected chi connectivity index (χ0v) is 12.0. The number of benzene rings is 1. The number of rotatable bonds is 2. The van der Waals surface area contributed by atoms with Gasteiger partial charge in [0.05, 0.1) is 18.2 Å². The van der Waals surface area contributed by atoms with E-state index in [-0.39, 0.29) is 59.0 Å². The van der Waals surface area contributed by atoms with E-state index >= 15 is 0 Å². The fourth-order valence-electron chi connectivity index (χ4n) is 2.71. The number of hydrogen-bond acceptors (Lipinski definition) is 6. The topological polar surface area (TPSA) is 102 Å². The van der Waals surface area contributed by atoms with Gasteiger partial charge in [-0.1, -0.05) is 0 Å². The van der Waals surface area contributed by atoms with Crippen LogP contribution in [-0.2, 0) is 9.53 Å². The Kier molecular flexibility index (Phi) is 3.20. The maximum atomic E-state index is 12.1. The van der Waals surface area contributed by atoms with E-state index in [0.717, 1.165) is 0 Å². The van der Waals surface area contributed by atoms with E-state index in [9.17, 15) is 19.8 Å². The molecule has 0 radical (unpaired) electrons. The summed E-state index contributed by atoms with van der Waals surface area (Å²) in [6.07, 6.45) is -0.145. The van der Waals surface area contributed by atoms with Gasteiger partial charge in [0.15, 0.2) is 17.3 Å². The minimum absolute atomic E-state index is 0.0152. The Bertz CT molecular complexity index is 717. The predicted molar refractivity (Wildman–Crippen MR) is 74.2 cm³/mol. The second kappa shape index (κ2) is 4.94. The summed E-state index contributed by atoms with van der Waals surface area (Å²) in [7, 11) is 1.25. The molecule has 2 aliphatic heterocycles. The van der Waals surface area contributed by atoms with Crippen LogP contribution in [0.15, 0.2) is 11.6 Å². The van der Waals surface area contributed by atoms with Gasteiger partial charge in [-0.3, -0.25) is 4.79 Å². The molecule has 0 bridgehead atoms. The molecule has 0 aromatic heterocycles. The number of hydrogen-bond donors (Lipinski definition) is 2. The SMILES string of the molecule is COc1c(O)cc2c(c1C(=O)O)C1=C(CO2)C(=O)C[C@H](C)O1. The molecule has 3 rings (SSSR count). The van der Waals surface area contributed by atoms with Gasteiger partial charge in [-0.2, -0.15) is 0 Å². The van der Waals surface area contributed by atoms with Crippen LogP contribution >= 0.6 is 0 Å². The van der Waals surface area contributed by atoms with Crippen LogP contribution in [0.3, 0.4) is 0 Å². The molecule has 22 heavy (non-hydrogen) atoms. The average Bonchev–Trinajstić information content (AvgIpc) is 2.44. The van der Waals surface area contributed by atoms with Crippen LogP contribution in [0.2, 0.25) is 0 Å². The molecule has 7 heteroatoms. The quantitative estimate of drug-likeness (QED) is 0.855. The van der Waals surface area contributed by atoms with Crippen molar-refractivity contribution in [3.63, 3.8) is 0 Å². The van der Waals surface area contributed by atoms with Crippen molar-refractivity contribution >= 4 is 17.5 Å². The molecule has 1 aromatic carbocycles. The summed E-state index contributed by atoms with van der Waals surface area (Å²) in [6, 6.07) is 1.26. The van der Waals surface area contributed by atoms with Crippen molar-refractivity contribution in [2.24, 2.45) is 0 Å². The number of carbonyl (C=O) groups is 2. The lowest BCUT2D eigenvalue weighted by atomic mass is 9.92. The number of carbonyl (C=O) groups excluding carboxylic acids is 1. The van der Waals surface area contributed by atoms with E-state index in [2.05, 4.69) is 0 Å². The largest absolute Gasteiger partial charge is 0.504 e. The summed E-state index contributed by atoms with van der Waals surface area (Å²) in [6.45, 7) is 1.72. The van der Waals surface area contributed by atoms with E-state index in [1.54, 1.807) is 6.92 Å². The van der Waals surface area contributed by atoms with Crippen LogP contribution in [0.5, 0.6) is 17.2 Å². The van der Waals surface area contributed by atoms with Gasteiger partial charge in [0.1, 0.15) is 29.8 Å². The first-order chi connectivity index (χ1) is 10.4. The van der Waals surface area contributed by atoms with Crippen molar-refractivity contribution in [3.8, 4) is 17.2 Å². The first kappa shape index (κ1) is 14.2. The Morgan fingerprint density at radius 1 is 1.45 bits per heavy atom. The highest BCUT2D eigenvalue weighted by molar-refractivity contribution is 6.08. The first-order valence-electron chi connectivity index (χ1n) is 6.67. The Morgan fingerprint density at radius 3 is 2.82 bits per heavy atom. The number of fused-ring (bicyclic) bond motifs is 2. The summed E-state index contributed by atoms with van der Waals surface area (Å²) in [5.41, 5.74) is 0.149. The summed E-state index contributed by atoms with van der Waals surface area (Å²) >= 11 is 0. The highest BCUT2D eigenvalue weighted by Crippen LogP contribution is 2.46. The fraction of sp³-hybridized carbons (Fsp3) is 0.333. The van der Waals surface area contributed by atoms with E-state index in [1.165, 1.54) is 13.2 Å². The van der Waals surface area contributed by atoms with Gasteiger partial charge in [-0.25, -0.2) is 4.79 Å². The zero-order chi connectivity index (χ0) is 16.0. The third-order valence-corrected chi connectivity index (χ3v) is 3.64. The molecule has 0 spiro atoms. The first-order valence-corrected chi connectivity index (χ1v) is 6.67. The Hall–Kier alpha value is -2.70. The highest BCUT2D eigenvalue weighted by Gasteiger charge is 2.37. The lowest BCUT2D eigenvalue weighted by Crippen LogP contribution is -2.29. The molecule has 2 N–H and O–H groups in total. The van der Waals surface area contributed by atoms with Crippen LogP contribution < -0.4 is 9.47 Å². The van der Waals surface area contributed by atoms with Gasteiger partial charge in [-0.15, -0.1) is 0 Å². The van der Waals surface area contributed by atoms with Crippen LogP contribution in [-0.4, -0.2) is 41.8 Å². The number of carboxylic acid groups (broad SMARTS) is 1. The molecule has 0 saturated heterocycles. The Morgan fingerprint density at radius 2 is 2.18 bits per heavy atom. The van der Waals surface area contributed by atoms with Crippen LogP contribution in [0.4, 0.5) is 0 Å². The van der Waals surface area contributed by atoms with Crippen LogP contribution in [0.1, 0.15) is 29.3 Å². The third kappa shape index (κ3) is 1.97. The van der Waals surface area contributed by atoms with Crippen molar-refractivity contribution in [1.82, 2.24) is 0 Å². The number of methoxy groups -OCH3 is 1. The molecule has 7 nitrogen and oxygen atoms in total. The second-order valence-electron chi connectivity index (χ2n) is 5.13. The minimum Gasteiger partial charge on any atom is -0.504 e. The normalized spacial score (nSPS) is 19.7.